The second kappa shape index (κ2) is 6.50. The Hall–Kier alpha value is -0.910. The van der Waals surface area contributed by atoms with E-state index in [2.05, 4.69) is 20.8 Å². The zero-order chi connectivity index (χ0) is 13.8. The predicted octanol–water partition coefficient (Wildman–Crippen LogP) is 2.10. The molecular weight excluding hydrogens is 310 g/mol. The summed E-state index contributed by atoms with van der Waals surface area (Å²) >= 11 is 3.38. The first-order chi connectivity index (χ1) is 9.10. The number of likely N-dealkylation sites (tertiary alicyclic amines) is 1. The molecule has 1 fully saturated rings. The lowest BCUT2D eigenvalue weighted by Crippen LogP contribution is -2.39. The number of hydrogen-bond donors (Lipinski definition) is 1. The van der Waals surface area contributed by atoms with Crippen molar-refractivity contribution in [1.29, 1.82) is 0 Å². The maximum Gasteiger partial charge on any atom is 0.176 e. The number of Topliss-reactive ketones (excluding diaryl/α,β-unsaturated/α-hetero) is 1. The molecule has 1 aromatic carbocycles. The van der Waals surface area contributed by atoms with E-state index in [0.717, 1.165) is 36.2 Å². The second-order valence-corrected chi connectivity index (χ2v) is 5.63. The molecule has 1 aliphatic rings. The normalized spacial score (nSPS) is 17.4. The highest BCUT2D eigenvalue weighted by Crippen LogP contribution is 2.25. The van der Waals surface area contributed by atoms with Gasteiger partial charge in [0, 0.05) is 18.7 Å². The van der Waals surface area contributed by atoms with Crippen LogP contribution in [0.15, 0.2) is 22.7 Å². The summed E-state index contributed by atoms with van der Waals surface area (Å²) in [5.74, 6) is 0.817. The molecule has 1 aromatic rings. The van der Waals surface area contributed by atoms with Crippen LogP contribution in [-0.4, -0.2) is 48.6 Å². The number of rotatable bonds is 4. The van der Waals surface area contributed by atoms with E-state index in [1.54, 1.807) is 25.3 Å². The van der Waals surface area contributed by atoms with Crippen LogP contribution >= 0.6 is 15.9 Å². The summed E-state index contributed by atoms with van der Waals surface area (Å²) in [6, 6.07) is 5.36. The number of carbonyl (C=O) groups excluding carboxylic acids is 1. The smallest absolute Gasteiger partial charge is 0.176 e. The largest absolute Gasteiger partial charge is 0.496 e. The molecule has 1 N–H and O–H groups in total. The topological polar surface area (TPSA) is 49.8 Å². The van der Waals surface area contributed by atoms with Crippen molar-refractivity contribution < 1.29 is 14.6 Å². The van der Waals surface area contributed by atoms with E-state index >= 15 is 0 Å². The first-order valence-electron chi connectivity index (χ1n) is 6.37. The van der Waals surface area contributed by atoms with Crippen LogP contribution in [0.3, 0.4) is 0 Å². The van der Waals surface area contributed by atoms with Crippen LogP contribution < -0.4 is 4.74 Å². The quantitative estimate of drug-likeness (QED) is 0.860. The molecular formula is C14H18BrNO3. The Morgan fingerprint density at radius 2 is 2.16 bits per heavy atom. The number of aliphatic hydroxyl groups excluding tert-OH is 1. The van der Waals surface area contributed by atoms with E-state index in [9.17, 15) is 9.90 Å². The Kier molecular flexibility index (Phi) is 4.96. The molecule has 1 heterocycles. The Morgan fingerprint density at radius 1 is 1.47 bits per heavy atom. The molecule has 0 aliphatic carbocycles. The van der Waals surface area contributed by atoms with Gasteiger partial charge >= 0.3 is 0 Å². The van der Waals surface area contributed by atoms with Crippen LogP contribution in [0.25, 0.3) is 0 Å². The summed E-state index contributed by atoms with van der Waals surface area (Å²) in [7, 11) is 1.60. The molecule has 0 bridgehead atoms. The van der Waals surface area contributed by atoms with Gasteiger partial charge in [-0.05, 0) is 47.0 Å². The monoisotopic (exact) mass is 327 g/mol. The van der Waals surface area contributed by atoms with Crippen LogP contribution in [-0.2, 0) is 0 Å². The van der Waals surface area contributed by atoms with Gasteiger partial charge in [-0.2, -0.15) is 0 Å². The van der Waals surface area contributed by atoms with Crippen molar-refractivity contribution >= 4 is 21.7 Å². The van der Waals surface area contributed by atoms with Crippen molar-refractivity contribution in [3.63, 3.8) is 0 Å². The Bertz CT molecular complexity index is 456. The number of aliphatic hydroxyl groups is 1. The fraction of sp³-hybridized carbons (Fsp3) is 0.500. The van der Waals surface area contributed by atoms with Gasteiger partial charge in [0.1, 0.15) is 5.75 Å². The molecule has 0 spiro atoms. The van der Waals surface area contributed by atoms with E-state index in [-0.39, 0.29) is 11.9 Å². The van der Waals surface area contributed by atoms with Crippen molar-refractivity contribution in [2.24, 2.45) is 0 Å². The lowest BCUT2D eigenvalue weighted by molar-refractivity contribution is 0.0711. The summed E-state index contributed by atoms with van der Waals surface area (Å²) in [4.78, 5) is 14.3. The van der Waals surface area contributed by atoms with Gasteiger partial charge in [0.05, 0.1) is 24.2 Å². The van der Waals surface area contributed by atoms with Crippen LogP contribution in [0.1, 0.15) is 23.2 Å². The van der Waals surface area contributed by atoms with Gasteiger partial charge in [0.2, 0.25) is 0 Å². The highest BCUT2D eigenvalue weighted by atomic mass is 79.9. The van der Waals surface area contributed by atoms with Gasteiger partial charge < -0.3 is 9.84 Å². The Balaban J connectivity index is 1.98. The van der Waals surface area contributed by atoms with Crippen LogP contribution in [0, 0.1) is 0 Å². The summed E-state index contributed by atoms with van der Waals surface area (Å²) in [5, 5.41) is 9.44. The number of ether oxygens (including phenoxy) is 1. The van der Waals surface area contributed by atoms with Gasteiger partial charge in [0.25, 0.3) is 0 Å². The van der Waals surface area contributed by atoms with Crippen molar-refractivity contribution in [2.75, 3.05) is 26.7 Å². The SMILES string of the molecule is COc1ccc(C(=O)CN2CCC(O)CC2)cc1Br. The van der Waals surface area contributed by atoms with Crippen molar-refractivity contribution in [2.45, 2.75) is 18.9 Å². The van der Waals surface area contributed by atoms with E-state index < -0.39 is 0 Å². The molecule has 0 atom stereocenters. The van der Waals surface area contributed by atoms with Gasteiger partial charge in [-0.15, -0.1) is 0 Å². The number of ketones is 1. The van der Waals surface area contributed by atoms with Crippen LogP contribution in [0.4, 0.5) is 0 Å². The number of carbonyl (C=O) groups is 1. The average Bonchev–Trinajstić information content (AvgIpc) is 2.41. The third-order valence-corrected chi connectivity index (χ3v) is 4.02. The highest BCUT2D eigenvalue weighted by molar-refractivity contribution is 9.10. The van der Waals surface area contributed by atoms with Crippen molar-refractivity contribution in [3.8, 4) is 5.75 Å². The minimum atomic E-state index is -0.207. The van der Waals surface area contributed by atoms with E-state index in [1.165, 1.54) is 0 Å². The van der Waals surface area contributed by atoms with E-state index in [0.29, 0.717) is 12.1 Å². The standard InChI is InChI=1S/C14H18BrNO3/c1-19-14-3-2-10(8-12(14)15)13(18)9-16-6-4-11(17)5-7-16/h2-3,8,11,17H,4-7,9H2,1H3. The molecule has 0 saturated carbocycles. The number of benzene rings is 1. The van der Waals surface area contributed by atoms with Crippen LogP contribution in [0.5, 0.6) is 5.75 Å². The molecule has 104 valence electrons. The van der Waals surface area contributed by atoms with Gasteiger partial charge in [-0.1, -0.05) is 0 Å². The van der Waals surface area contributed by atoms with Crippen molar-refractivity contribution in [3.05, 3.63) is 28.2 Å². The molecule has 0 aromatic heterocycles. The molecule has 5 heteroatoms. The maximum absolute atomic E-state index is 12.2. The molecule has 0 radical (unpaired) electrons. The third-order valence-electron chi connectivity index (χ3n) is 3.40. The van der Waals surface area contributed by atoms with E-state index in [4.69, 9.17) is 4.74 Å². The summed E-state index contributed by atoms with van der Waals surface area (Å²) < 4.78 is 5.93. The lowest BCUT2D eigenvalue weighted by atomic mass is 10.1. The Labute approximate surface area is 121 Å². The van der Waals surface area contributed by atoms with E-state index in [1.807, 2.05) is 0 Å². The number of hydrogen-bond acceptors (Lipinski definition) is 4. The van der Waals surface area contributed by atoms with Gasteiger partial charge in [-0.3, -0.25) is 9.69 Å². The second-order valence-electron chi connectivity index (χ2n) is 4.78. The Morgan fingerprint density at radius 3 is 2.74 bits per heavy atom. The molecule has 1 saturated heterocycles. The first kappa shape index (κ1) is 14.5. The summed E-state index contributed by atoms with van der Waals surface area (Å²) in [6.45, 7) is 1.97. The molecule has 0 unspecified atom stereocenters. The van der Waals surface area contributed by atoms with Gasteiger partial charge in [0.15, 0.2) is 5.78 Å². The highest BCUT2D eigenvalue weighted by Gasteiger charge is 2.19. The molecule has 2 rings (SSSR count). The van der Waals surface area contributed by atoms with Crippen LogP contribution in [0.2, 0.25) is 0 Å². The zero-order valence-electron chi connectivity index (χ0n) is 10.9. The number of nitrogens with zero attached hydrogens (tertiary/aromatic N) is 1. The number of piperidine rings is 1. The zero-order valence-corrected chi connectivity index (χ0v) is 12.5. The predicted molar refractivity (Wildman–Crippen MR) is 76.7 cm³/mol. The summed E-state index contributed by atoms with van der Waals surface area (Å²) in [6.07, 6.45) is 1.29. The minimum Gasteiger partial charge on any atom is -0.496 e. The van der Waals surface area contributed by atoms with Crippen molar-refractivity contribution in [1.82, 2.24) is 4.90 Å². The number of methoxy groups -OCH3 is 1. The number of halogens is 1. The summed E-state index contributed by atoms with van der Waals surface area (Å²) in [5.41, 5.74) is 0.679. The first-order valence-corrected chi connectivity index (χ1v) is 7.16. The molecule has 19 heavy (non-hydrogen) atoms. The minimum absolute atomic E-state index is 0.0970. The third kappa shape index (κ3) is 3.78. The fourth-order valence-corrected chi connectivity index (χ4v) is 2.75. The molecule has 1 aliphatic heterocycles. The molecule has 4 nitrogen and oxygen atoms in total. The fourth-order valence-electron chi connectivity index (χ4n) is 2.21. The molecule has 0 amide bonds. The maximum atomic E-state index is 12.2. The van der Waals surface area contributed by atoms with Gasteiger partial charge in [-0.25, -0.2) is 0 Å². The lowest BCUT2D eigenvalue weighted by Gasteiger charge is -2.28. The average molecular weight is 328 g/mol.